The van der Waals surface area contributed by atoms with Crippen molar-refractivity contribution in [2.24, 2.45) is 5.92 Å². The Labute approximate surface area is 220 Å². The summed E-state index contributed by atoms with van der Waals surface area (Å²) < 4.78 is 39.0. The third kappa shape index (κ3) is 5.96. The van der Waals surface area contributed by atoms with Crippen molar-refractivity contribution in [2.45, 2.75) is 45.3 Å². The number of hydrogen-bond donors (Lipinski definition) is 1. The van der Waals surface area contributed by atoms with Crippen LogP contribution in [0.25, 0.3) is 11.3 Å². The highest BCUT2D eigenvalue weighted by atomic mass is 35.5. The predicted octanol–water partition coefficient (Wildman–Crippen LogP) is 7.96. The number of nitrogens with one attached hydrogen (secondary N) is 1. The summed E-state index contributed by atoms with van der Waals surface area (Å²) >= 11 is 6.13. The van der Waals surface area contributed by atoms with Gasteiger partial charge in [0.25, 0.3) is 0 Å². The molecule has 2 atom stereocenters. The van der Waals surface area contributed by atoms with Crippen molar-refractivity contribution in [1.82, 2.24) is 10.3 Å². The Bertz CT molecular complexity index is 1360. The second-order valence-electron chi connectivity index (χ2n) is 9.62. The van der Waals surface area contributed by atoms with Crippen molar-refractivity contribution in [3.05, 3.63) is 112 Å². The Morgan fingerprint density at radius 2 is 1.84 bits per heavy atom. The van der Waals surface area contributed by atoms with Crippen LogP contribution < -0.4 is 5.32 Å². The molecule has 2 unspecified atom stereocenters. The summed E-state index contributed by atoms with van der Waals surface area (Å²) in [6.07, 6.45) is -1.88. The number of nitrogens with zero attached hydrogens (tertiary/aromatic N) is 1. The molecule has 4 rings (SSSR count). The number of Topliss-reactive ketones (excluding diaryl/α,β-unsaturated/α-hetero) is 1. The second kappa shape index (κ2) is 10.5. The van der Waals surface area contributed by atoms with Crippen molar-refractivity contribution < 1.29 is 18.0 Å². The molecule has 3 aromatic rings. The molecule has 0 radical (unpaired) electrons. The van der Waals surface area contributed by atoms with Crippen LogP contribution in [0.15, 0.2) is 79.2 Å². The van der Waals surface area contributed by atoms with Gasteiger partial charge in [-0.25, -0.2) is 0 Å². The minimum absolute atomic E-state index is 0.0907. The van der Waals surface area contributed by atoms with E-state index in [-0.39, 0.29) is 18.2 Å². The molecule has 0 spiro atoms. The first-order chi connectivity index (χ1) is 17.4. The summed E-state index contributed by atoms with van der Waals surface area (Å²) in [6, 6.07) is 12.8. The molecule has 192 valence electrons. The third-order valence-corrected chi connectivity index (χ3v) is 7.09. The third-order valence-electron chi connectivity index (χ3n) is 6.85. The van der Waals surface area contributed by atoms with E-state index in [0.29, 0.717) is 29.1 Å². The van der Waals surface area contributed by atoms with Gasteiger partial charge < -0.3 is 5.32 Å². The van der Waals surface area contributed by atoms with Crippen LogP contribution in [-0.2, 0) is 17.5 Å². The molecule has 3 nitrogen and oxygen atoms in total. The second-order valence-corrected chi connectivity index (χ2v) is 10.1. The molecule has 37 heavy (non-hydrogen) atoms. The average Bonchev–Trinajstić information content (AvgIpc) is 3.09. The lowest BCUT2D eigenvalue weighted by Gasteiger charge is -2.21. The number of hydrogen-bond acceptors (Lipinski definition) is 3. The summed E-state index contributed by atoms with van der Waals surface area (Å²) in [5.41, 5.74) is 5.96. The maximum atomic E-state index is 13.1. The van der Waals surface area contributed by atoms with Crippen LogP contribution in [0.4, 0.5) is 13.2 Å². The van der Waals surface area contributed by atoms with E-state index in [2.05, 4.69) is 23.5 Å². The minimum Gasteiger partial charge on any atom is -0.385 e. The first kappa shape index (κ1) is 26.7. The summed E-state index contributed by atoms with van der Waals surface area (Å²) in [5, 5.41) is 3.72. The van der Waals surface area contributed by atoms with Crippen molar-refractivity contribution in [2.75, 3.05) is 0 Å². The van der Waals surface area contributed by atoms with Crippen LogP contribution in [0.5, 0.6) is 0 Å². The predicted molar refractivity (Wildman–Crippen MR) is 141 cm³/mol. The molecule has 2 aromatic carbocycles. The number of carbonyl (C=O) groups is 1. The minimum atomic E-state index is -4.39. The highest BCUT2D eigenvalue weighted by Crippen LogP contribution is 2.44. The van der Waals surface area contributed by atoms with Gasteiger partial charge in [-0.2, -0.15) is 13.2 Å². The van der Waals surface area contributed by atoms with Gasteiger partial charge in [0.2, 0.25) is 0 Å². The number of rotatable bonds is 7. The largest absolute Gasteiger partial charge is 0.416 e. The number of aryl methyl sites for hydroxylation is 2. The molecule has 1 saturated carbocycles. The lowest BCUT2D eigenvalue weighted by Crippen LogP contribution is -2.16. The average molecular weight is 525 g/mol. The summed E-state index contributed by atoms with van der Waals surface area (Å²) in [7, 11) is 0. The molecular weight excluding hydrogens is 497 g/mol. The molecule has 0 saturated heterocycles. The van der Waals surface area contributed by atoms with E-state index in [4.69, 9.17) is 11.6 Å². The Morgan fingerprint density at radius 3 is 2.49 bits per heavy atom. The van der Waals surface area contributed by atoms with Crippen LogP contribution in [0.1, 0.15) is 46.6 Å². The molecule has 1 aliphatic carbocycles. The molecule has 1 N–H and O–H groups in total. The number of ketones is 1. The van der Waals surface area contributed by atoms with Gasteiger partial charge in [-0.15, -0.1) is 0 Å². The smallest absolute Gasteiger partial charge is 0.385 e. The standard InChI is InChI=1S/C30H28ClF3N2O/c1-17-10-23(26-15-25(31)8-9-35-26)11-18(2)28(17)29-20(4)22(14-27(29)37)12-19(3)36-16-21-6-5-7-24(13-21)30(32,33)34/h5-11,13,15,22,29,36H,3-4,12,14,16H2,1-2H3. The van der Waals surface area contributed by atoms with E-state index < -0.39 is 17.7 Å². The van der Waals surface area contributed by atoms with E-state index in [1.165, 1.54) is 6.07 Å². The zero-order valence-corrected chi connectivity index (χ0v) is 21.5. The number of allylic oxidation sites excluding steroid dienone is 2. The van der Waals surface area contributed by atoms with E-state index in [9.17, 15) is 18.0 Å². The number of halogens is 4. The fraction of sp³-hybridized carbons (Fsp3) is 0.267. The quantitative estimate of drug-likeness (QED) is 0.319. The number of benzene rings is 2. The summed E-state index contributed by atoms with van der Waals surface area (Å²) in [5.74, 6) is -0.379. The molecule has 7 heteroatoms. The Hall–Kier alpha value is -3.38. The maximum Gasteiger partial charge on any atom is 0.416 e. The van der Waals surface area contributed by atoms with Crippen LogP contribution in [-0.4, -0.2) is 10.8 Å². The lowest BCUT2D eigenvalue weighted by molar-refractivity contribution is -0.137. The van der Waals surface area contributed by atoms with E-state index >= 15 is 0 Å². The first-order valence-corrected chi connectivity index (χ1v) is 12.3. The first-order valence-electron chi connectivity index (χ1n) is 12.0. The van der Waals surface area contributed by atoms with Crippen molar-refractivity contribution in [1.29, 1.82) is 0 Å². The Kier molecular flexibility index (Phi) is 7.60. The van der Waals surface area contributed by atoms with Gasteiger partial charge >= 0.3 is 6.18 Å². The SMILES string of the molecule is C=C(CC1CC(=O)C(c2c(C)cc(-c3cc(Cl)ccn3)cc2C)C1=C)NCc1cccc(C(F)(F)F)c1. The molecular formula is C30H28ClF3N2O. The van der Waals surface area contributed by atoms with E-state index in [1.807, 2.05) is 32.0 Å². The lowest BCUT2D eigenvalue weighted by atomic mass is 9.84. The van der Waals surface area contributed by atoms with Gasteiger partial charge in [0.1, 0.15) is 5.78 Å². The number of aromatic nitrogens is 1. The molecule has 1 aromatic heterocycles. The molecule has 1 fully saturated rings. The molecule has 1 aliphatic rings. The Balaban J connectivity index is 1.45. The van der Waals surface area contributed by atoms with Gasteiger partial charge in [0.15, 0.2) is 0 Å². The normalized spacial score (nSPS) is 17.8. The molecule has 0 aliphatic heterocycles. The maximum absolute atomic E-state index is 13.1. The molecule has 0 bridgehead atoms. The fourth-order valence-corrected chi connectivity index (χ4v) is 5.24. The number of carbonyl (C=O) groups excluding carboxylic acids is 1. The van der Waals surface area contributed by atoms with Gasteiger partial charge in [0.05, 0.1) is 17.2 Å². The fourth-order valence-electron chi connectivity index (χ4n) is 5.08. The summed E-state index contributed by atoms with van der Waals surface area (Å²) in [6.45, 7) is 12.5. The van der Waals surface area contributed by atoms with Crippen LogP contribution >= 0.6 is 11.6 Å². The van der Waals surface area contributed by atoms with Gasteiger partial charge in [0, 0.05) is 35.4 Å². The molecule has 1 heterocycles. The number of alkyl halides is 3. The van der Waals surface area contributed by atoms with E-state index in [0.717, 1.165) is 45.7 Å². The monoisotopic (exact) mass is 524 g/mol. The molecule has 0 amide bonds. The number of pyridine rings is 1. The van der Waals surface area contributed by atoms with Crippen LogP contribution in [0.2, 0.25) is 5.02 Å². The van der Waals surface area contributed by atoms with Gasteiger partial charge in [-0.05, 0) is 84.8 Å². The van der Waals surface area contributed by atoms with Gasteiger partial charge in [-0.1, -0.05) is 42.5 Å². The highest BCUT2D eigenvalue weighted by molar-refractivity contribution is 6.30. The van der Waals surface area contributed by atoms with Crippen molar-refractivity contribution in [3.8, 4) is 11.3 Å². The van der Waals surface area contributed by atoms with E-state index in [1.54, 1.807) is 18.3 Å². The van der Waals surface area contributed by atoms with Crippen molar-refractivity contribution >= 4 is 17.4 Å². The summed E-state index contributed by atoms with van der Waals surface area (Å²) in [4.78, 5) is 17.6. The van der Waals surface area contributed by atoms with Crippen LogP contribution in [0, 0.1) is 19.8 Å². The zero-order chi connectivity index (χ0) is 26.9. The topological polar surface area (TPSA) is 42.0 Å². The van der Waals surface area contributed by atoms with Gasteiger partial charge in [-0.3, -0.25) is 9.78 Å². The van der Waals surface area contributed by atoms with Crippen LogP contribution in [0.3, 0.4) is 0 Å². The van der Waals surface area contributed by atoms with Crippen molar-refractivity contribution in [3.63, 3.8) is 0 Å². The highest BCUT2D eigenvalue weighted by Gasteiger charge is 2.38. The zero-order valence-electron chi connectivity index (χ0n) is 20.8. The Morgan fingerprint density at radius 1 is 1.14 bits per heavy atom.